The molecular formula is C24H21NS. The maximum absolute atomic E-state index is 4.89. The molecule has 0 amide bonds. The number of rotatable bonds is 0. The number of aryl methyl sites for hydroxylation is 1. The van der Waals surface area contributed by atoms with Gasteiger partial charge in [-0.3, -0.25) is 4.98 Å². The number of nitrogens with zero attached hydrogens (tertiary/aromatic N) is 1. The highest BCUT2D eigenvalue weighted by atomic mass is 32.2. The molecule has 0 saturated heterocycles. The summed E-state index contributed by atoms with van der Waals surface area (Å²) in [6.07, 6.45) is 2.05. The van der Waals surface area contributed by atoms with Gasteiger partial charge in [0.1, 0.15) is 0 Å². The van der Waals surface area contributed by atoms with Crippen LogP contribution in [0.3, 0.4) is 0 Å². The van der Waals surface area contributed by atoms with Crippen LogP contribution in [0.5, 0.6) is 0 Å². The molecule has 0 spiro atoms. The third kappa shape index (κ3) is 2.22. The van der Waals surface area contributed by atoms with Crippen LogP contribution in [-0.2, 0) is 5.41 Å². The lowest BCUT2D eigenvalue weighted by Crippen LogP contribution is -2.13. The van der Waals surface area contributed by atoms with Crippen LogP contribution in [0.25, 0.3) is 32.8 Å². The van der Waals surface area contributed by atoms with Gasteiger partial charge < -0.3 is 0 Å². The lowest BCUT2D eigenvalue weighted by Gasteiger charge is -2.27. The highest BCUT2D eigenvalue weighted by Gasteiger charge is 2.26. The zero-order chi connectivity index (χ0) is 18.1. The van der Waals surface area contributed by atoms with Crippen molar-refractivity contribution < 1.29 is 0 Å². The molecule has 2 heterocycles. The summed E-state index contributed by atoms with van der Waals surface area (Å²) < 4.78 is 0. The molecule has 0 bridgehead atoms. The number of aromatic nitrogens is 1. The molecule has 0 aliphatic carbocycles. The Labute approximate surface area is 158 Å². The predicted octanol–water partition coefficient (Wildman–Crippen LogP) is 7.13. The predicted molar refractivity (Wildman–Crippen MR) is 112 cm³/mol. The first-order valence-corrected chi connectivity index (χ1v) is 9.89. The summed E-state index contributed by atoms with van der Waals surface area (Å²) in [7, 11) is 0. The van der Waals surface area contributed by atoms with E-state index < -0.39 is 0 Å². The molecule has 1 aliphatic heterocycles. The molecule has 1 aromatic heterocycles. The van der Waals surface area contributed by atoms with E-state index in [2.05, 4.69) is 76.2 Å². The molecule has 1 nitrogen and oxygen atoms in total. The minimum absolute atomic E-state index is 0.107. The lowest BCUT2D eigenvalue weighted by molar-refractivity contribution is 0.595. The fraction of sp³-hybridized carbons (Fsp3) is 0.208. The van der Waals surface area contributed by atoms with Gasteiger partial charge in [0.25, 0.3) is 0 Å². The van der Waals surface area contributed by atoms with Crippen molar-refractivity contribution in [2.24, 2.45) is 0 Å². The molecule has 128 valence electrons. The molecule has 0 N–H and O–H groups in total. The first kappa shape index (κ1) is 15.9. The third-order valence-corrected chi connectivity index (χ3v) is 6.43. The molecule has 3 aromatic carbocycles. The van der Waals surface area contributed by atoms with E-state index in [4.69, 9.17) is 4.98 Å². The lowest BCUT2D eigenvalue weighted by atomic mass is 9.82. The fourth-order valence-electron chi connectivity index (χ4n) is 4.04. The quantitative estimate of drug-likeness (QED) is 0.293. The van der Waals surface area contributed by atoms with Crippen LogP contribution in [0.4, 0.5) is 0 Å². The Hall–Kier alpha value is -2.32. The van der Waals surface area contributed by atoms with Crippen LogP contribution >= 0.6 is 11.8 Å². The zero-order valence-electron chi connectivity index (χ0n) is 15.6. The summed E-state index contributed by atoms with van der Waals surface area (Å²) in [5, 5.41) is 5.27. The van der Waals surface area contributed by atoms with Gasteiger partial charge in [0.15, 0.2) is 0 Å². The first-order valence-electron chi connectivity index (χ1n) is 9.07. The van der Waals surface area contributed by atoms with Crippen LogP contribution in [0, 0.1) is 6.92 Å². The molecule has 0 saturated carbocycles. The summed E-state index contributed by atoms with van der Waals surface area (Å²) in [5.41, 5.74) is 5.17. The standard InChI is InChI=1S/C24H21NS/c1-14-13-25-23-17-11-15-7-5-6-8-16(15)12-20(17)26-19-10-9-18(24(2,3)4)21(14)22(19)23/h5-13H,1-4H3. The first-order chi connectivity index (χ1) is 12.4. The molecule has 0 unspecified atom stereocenters. The van der Waals surface area contributed by atoms with Crippen molar-refractivity contribution in [1.82, 2.24) is 4.98 Å². The highest BCUT2D eigenvalue weighted by molar-refractivity contribution is 7.99. The Balaban J connectivity index is 1.92. The second-order valence-electron chi connectivity index (χ2n) is 8.20. The van der Waals surface area contributed by atoms with Gasteiger partial charge in [-0.15, -0.1) is 0 Å². The second-order valence-corrected chi connectivity index (χ2v) is 9.28. The maximum Gasteiger partial charge on any atom is 0.0803 e. The molecule has 0 radical (unpaired) electrons. The van der Waals surface area contributed by atoms with Crippen molar-refractivity contribution in [2.45, 2.75) is 42.9 Å². The van der Waals surface area contributed by atoms with E-state index in [0.29, 0.717) is 0 Å². The van der Waals surface area contributed by atoms with Crippen molar-refractivity contribution in [2.75, 3.05) is 0 Å². The van der Waals surface area contributed by atoms with E-state index in [-0.39, 0.29) is 5.41 Å². The largest absolute Gasteiger partial charge is 0.255 e. The highest BCUT2D eigenvalue weighted by Crippen LogP contribution is 2.50. The van der Waals surface area contributed by atoms with Crippen LogP contribution in [0.1, 0.15) is 31.9 Å². The summed E-state index contributed by atoms with van der Waals surface area (Å²) in [6, 6.07) is 17.8. The smallest absolute Gasteiger partial charge is 0.0803 e. The van der Waals surface area contributed by atoms with Crippen molar-refractivity contribution in [1.29, 1.82) is 0 Å². The van der Waals surface area contributed by atoms with E-state index in [9.17, 15) is 0 Å². The molecule has 2 heteroatoms. The van der Waals surface area contributed by atoms with Crippen LogP contribution in [0.15, 0.2) is 64.5 Å². The van der Waals surface area contributed by atoms with Crippen LogP contribution < -0.4 is 0 Å². The third-order valence-electron chi connectivity index (χ3n) is 5.32. The number of fused-ring (bicyclic) bond motifs is 3. The van der Waals surface area contributed by atoms with E-state index in [0.717, 1.165) is 5.69 Å². The van der Waals surface area contributed by atoms with Crippen molar-refractivity contribution in [3.05, 3.63) is 65.9 Å². The van der Waals surface area contributed by atoms with Crippen molar-refractivity contribution >= 4 is 33.3 Å². The van der Waals surface area contributed by atoms with E-state index in [1.807, 2.05) is 18.0 Å². The normalized spacial score (nSPS) is 13.2. The summed E-state index contributed by atoms with van der Waals surface area (Å²) in [4.78, 5) is 7.52. The zero-order valence-corrected chi connectivity index (χ0v) is 16.4. The Kier molecular flexibility index (Phi) is 3.27. The maximum atomic E-state index is 4.89. The topological polar surface area (TPSA) is 12.9 Å². The molecule has 0 atom stereocenters. The van der Waals surface area contributed by atoms with Gasteiger partial charge in [-0.05, 0) is 57.8 Å². The van der Waals surface area contributed by atoms with Gasteiger partial charge in [-0.25, -0.2) is 0 Å². The van der Waals surface area contributed by atoms with Gasteiger partial charge in [-0.2, -0.15) is 0 Å². The molecule has 1 aliphatic rings. The SMILES string of the molecule is Cc1cnc2c3c(ccc(C(C)(C)C)c13)Sc1cc3ccccc3cc1-2. The Morgan fingerprint density at radius 1 is 0.846 bits per heavy atom. The van der Waals surface area contributed by atoms with E-state index >= 15 is 0 Å². The summed E-state index contributed by atoms with van der Waals surface area (Å²) in [6.45, 7) is 9.07. The Bertz CT molecular complexity index is 1200. The molecule has 0 fully saturated rings. The number of benzene rings is 3. The van der Waals surface area contributed by atoms with Crippen molar-refractivity contribution in [3.8, 4) is 11.3 Å². The average molecular weight is 356 g/mol. The fourth-order valence-corrected chi connectivity index (χ4v) is 5.17. The van der Waals surface area contributed by atoms with Crippen LogP contribution in [-0.4, -0.2) is 4.98 Å². The minimum Gasteiger partial charge on any atom is -0.255 e. The summed E-state index contributed by atoms with van der Waals surface area (Å²) >= 11 is 1.88. The van der Waals surface area contributed by atoms with E-state index in [1.165, 1.54) is 48.0 Å². The van der Waals surface area contributed by atoms with Gasteiger partial charge >= 0.3 is 0 Å². The van der Waals surface area contributed by atoms with Gasteiger partial charge in [0, 0.05) is 26.9 Å². The monoisotopic (exact) mass is 355 g/mol. The second kappa shape index (κ2) is 5.34. The van der Waals surface area contributed by atoms with Gasteiger partial charge in [-0.1, -0.05) is 62.9 Å². The number of hydrogen-bond donors (Lipinski definition) is 0. The number of pyridine rings is 1. The molecule has 5 rings (SSSR count). The van der Waals surface area contributed by atoms with E-state index in [1.54, 1.807) is 0 Å². The molecule has 26 heavy (non-hydrogen) atoms. The molecule has 4 aromatic rings. The van der Waals surface area contributed by atoms with Gasteiger partial charge in [0.05, 0.1) is 5.69 Å². The average Bonchev–Trinajstić information content (AvgIpc) is 2.61. The minimum atomic E-state index is 0.107. The summed E-state index contributed by atoms with van der Waals surface area (Å²) in [5.74, 6) is 0. The van der Waals surface area contributed by atoms with Crippen molar-refractivity contribution in [3.63, 3.8) is 0 Å². The Morgan fingerprint density at radius 2 is 1.58 bits per heavy atom. The number of hydrogen-bond acceptors (Lipinski definition) is 2. The van der Waals surface area contributed by atoms with Crippen LogP contribution in [0.2, 0.25) is 0 Å². The Morgan fingerprint density at radius 3 is 2.31 bits per heavy atom. The van der Waals surface area contributed by atoms with Gasteiger partial charge in [0.2, 0.25) is 0 Å². The molecular weight excluding hydrogens is 334 g/mol.